The Morgan fingerprint density at radius 2 is 1.71 bits per heavy atom. The summed E-state index contributed by atoms with van der Waals surface area (Å²) in [6.07, 6.45) is 1.27. The van der Waals surface area contributed by atoms with Crippen LogP contribution in [-0.2, 0) is 6.54 Å². The monoisotopic (exact) mass is 437 g/mol. The van der Waals surface area contributed by atoms with E-state index in [1.165, 1.54) is 30.0 Å². The predicted molar refractivity (Wildman–Crippen MR) is 106 cm³/mol. The van der Waals surface area contributed by atoms with Gasteiger partial charge in [0, 0.05) is 11.8 Å². The zero-order valence-electron chi connectivity index (χ0n) is 16.9. The molecule has 0 radical (unpaired) electrons. The molecule has 1 N–H and O–H groups in total. The van der Waals surface area contributed by atoms with Crippen LogP contribution in [0.25, 0.3) is 0 Å². The minimum atomic E-state index is -1.59. The van der Waals surface area contributed by atoms with Crippen LogP contribution in [0.4, 0.5) is 29.2 Å². The third-order valence-electron chi connectivity index (χ3n) is 4.41. The number of nitrogens with zero attached hydrogens (tertiary/aromatic N) is 2. The van der Waals surface area contributed by atoms with Crippen molar-refractivity contribution in [2.24, 2.45) is 0 Å². The van der Waals surface area contributed by atoms with Gasteiger partial charge >= 0.3 is 5.56 Å². The van der Waals surface area contributed by atoms with E-state index >= 15 is 0 Å². The topological polar surface area (TPSA) is 65.4 Å². The number of aromatic nitrogens is 2. The van der Waals surface area contributed by atoms with Gasteiger partial charge in [0.1, 0.15) is 0 Å². The average molecular weight is 437 g/mol. The van der Waals surface area contributed by atoms with Crippen molar-refractivity contribution in [2.75, 3.05) is 19.0 Å². The highest BCUT2D eigenvalue weighted by atomic mass is 19.2. The summed E-state index contributed by atoms with van der Waals surface area (Å²) in [4.78, 5) is 16.0. The normalized spacial score (nSPS) is 10.8. The first kappa shape index (κ1) is 22.1. The van der Waals surface area contributed by atoms with Crippen LogP contribution < -0.4 is 20.3 Å². The third kappa shape index (κ3) is 4.79. The van der Waals surface area contributed by atoms with Crippen molar-refractivity contribution in [2.45, 2.75) is 20.4 Å². The van der Waals surface area contributed by atoms with Gasteiger partial charge in [0.2, 0.25) is 11.7 Å². The maximum atomic E-state index is 14.3. The lowest BCUT2D eigenvalue weighted by atomic mass is 10.2. The van der Waals surface area contributed by atoms with Crippen LogP contribution in [0, 0.1) is 30.2 Å². The van der Waals surface area contributed by atoms with Crippen LogP contribution >= 0.6 is 0 Å². The summed E-state index contributed by atoms with van der Waals surface area (Å²) in [6.45, 7) is 3.52. The lowest BCUT2D eigenvalue weighted by molar-refractivity contribution is 0.321. The Labute approximate surface area is 175 Å². The van der Waals surface area contributed by atoms with Gasteiger partial charge in [-0.2, -0.15) is 4.98 Å². The van der Waals surface area contributed by atoms with Crippen LogP contribution in [0.2, 0.25) is 0 Å². The fraction of sp³-hybridized carbons (Fsp3) is 0.238. The second-order valence-electron chi connectivity index (χ2n) is 6.59. The number of aryl methyl sites for hydroxylation is 1. The predicted octanol–water partition coefficient (Wildman–Crippen LogP) is 4.31. The molecule has 0 amide bonds. The second kappa shape index (κ2) is 9.07. The van der Waals surface area contributed by atoms with E-state index in [1.807, 2.05) is 0 Å². The van der Waals surface area contributed by atoms with Gasteiger partial charge in [-0.25, -0.2) is 17.6 Å². The van der Waals surface area contributed by atoms with E-state index in [0.717, 1.165) is 12.1 Å². The Morgan fingerprint density at radius 3 is 2.32 bits per heavy atom. The maximum absolute atomic E-state index is 14.3. The van der Waals surface area contributed by atoms with Crippen molar-refractivity contribution in [3.05, 3.63) is 75.2 Å². The van der Waals surface area contributed by atoms with E-state index in [2.05, 4.69) is 10.3 Å². The fourth-order valence-electron chi connectivity index (χ4n) is 2.91. The van der Waals surface area contributed by atoms with Crippen molar-refractivity contribution < 1.29 is 27.0 Å². The summed E-state index contributed by atoms with van der Waals surface area (Å²) in [5, 5.41) is 2.84. The molecular formula is C21H19F4N3O3. The minimum Gasteiger partial charge on any atom is -0.491 e. The molecule has 0 unspecified atom stereocenters. The van der Waals surface area contributed by atoms with Crippen molar-refractivity contribution in [3.8, 4) is 11.5 Å². The largest absolute Gasteiger partial charge is 0.491 e. The lowest BCUT2D eigenvalue weighted by Gasteiger charge is -2.17. The SMILES string of the molecule is CCOc1cc(C)c(Nc2nc(=O)c(OC)cn2Cc2cc(F)c(F)c(F)c2)cc1F. The summed E-state index contributed by atoms with van der Waals surface area (Å²) < 4.78 is 66.3. The molecule has 0 fully saturated rings. The maximum Gasteiger partial charge on any atom is 0.316 e. The quantitative estimate of drug-likeness (QED) is 0.441. The van der Waals surface area contributed by atoms with Gasteiger partial charge in [0.15, 0.2) is 29.0 Å². The van der Waals surface area contributed by atoms with E-state index in [4.69, 9.17) is 9.47 Å². The molecular weight excluding hydrogens is 418 g/mol. The average Bonchev–Trinajstić information content (AvgIpc) is 2.71. The highest BCUT2D eigenvalue weighted by Gasteiger charge is 2.16. The van der Waals surface area contributed by atoms with Gasteiger partial charge in [-0.1, -0.05) is 0 Å². The van der Waals surface area contributed by atoms with Crippen LogP contribution in [-0.4, -0.2) is 23.3 Å². The molecule has 0 aliphatic carbocycles. The number of hydrogen-bond acceptors (Lipinski definition) is 5. The van der Waals surface area contributed by atoms with Crippen LogP contribution in [0.1, 0.15) is 18.1 Å². The molecule has 0 bridgehead atoms. The first-order chi connectivity index (χ1) is 14.7. The summed E-state index contributed by atoms with van der Waals surface area (Å²) in [5.41, 5.74) is 0.256. The molecule has 10 heteroatoms. The number of benzene rings is 2. The van der Waals surface area contributed by atoms with E-state index in [1.54, 1.807) is 13.8 Å². The summed E-state index contributed by atoms with van der Waals surface area (Å²) in [5.74, 6) is -5.00. The highest BCUT2D eigenvalue weighted by molar-refractivity contribution is 5.60. The van der Waals surface area contributed by atoms with Crippen molar-refractivity contribution in [1.82, 2.24) is 9.55 Å². The standard InChI is InChI=1S/C21H19F4N3O3/c1-4-31-17-5-11(2)16(8-13(17)22)26-21-27-20(29)18(30-3)10-28(21)9-12-6-14(23)19(25)15(24)7-12/h5-8,10H,4,9H2,1-3H3,(H,26,27,29). The van der Waals surface area contributed by atoms with Crippen molar-refractivity contribution in [3.63, 3.8) is 0 Å². The fourth-order valence-corrected chi connectivity index (χ4v) is 2.91. The number of ether oxygens (including phenoxy) is 2. The smallest absolute Gasteiger partial charge is 0.316 e. The molecule has 1 heterocycles. The first-order valence-electron chi connectivity index (χ1n) is 9.22. The molecule has 0 aliphatic rings. The molecule has 3 aromatic rings. The van der Waals surface area contributed by atoms with E-state index in [0.29, 0.717) is 11.3 Å². The van der Waals surface area contributed by atoms with Gasteiger partial charge in [-0.3, -0.25) is 4.79 Å². The zero-order valence-corrected chi connectivity index (χ0v) is 16.9. The molecule has 1 aromatic heterocycles. The molecule has 0 saturated carbocycles. The van der Waals surface area contributed by atoms with E-state index < -0.39 is 28.8 Å². The number of methoxy groups -OCH3 is 1. The Balaban J connectivity index is 2.04. The summed E-state index contributed by atoms with van der Waals surface area (Å²) in [6, 6.07) is 4.32. The molecule has 0 atom stereocenters. The summed E-state index contributed by atoms with van der Waals surface area (Å²) >= 11 is 0. The zero-order chi connectivity index (χ0) is 22.7. The molecule has 0 aliphatic heterocycles. The number of anilines is 2. The van der Waals surface area contributed by atoms with Gasteiger partial charge in [0.25, 0.3) is 0 Å². The van der Waals surface area contributed by atoms with Gasteiger partial charge < -0.3 is 19.4 Å². The van der Waals surface area contributed by atoms with E-state index in [-0.39, 0.29) is 36.2 Å². The number of nitrogens with one attached hydrogen (secondary N) is 1. The van der Waals surface area contributed by atoms with Crippen LogP contribution in [0.15, 0.2) is 35.3 Å². The Bertz CT molecular complexity index is 1160. The second-order valence-corrected chi connectivity index (χ2v) is 6.59. The number of hydrogen-bond donors (Lipinski definition) is 1. The number of halogens is 4. The van der Waals surface area contributed by atoms with E-state index in [9.17, 15) is 22.4 Å². The van der Waals surface area contributed by atoms with Gasteiger partial charge in [-0.15, -0.1) is 0 Å². The molecule has 164 valence electrons. The van der Waals surface area contributed by atoms with Crippen LogP contribution in [0.5, 0.6) is 11.5 Å². The minimum absolute atomic E-state index is 0.0393. The molecule has 0 saturated heterocycles. The molecule has 0 spiro atoms. The van der Waals surface area contributed by atoms with Crippen molar-refractivity contribution >= 4 is 11.6 Å². The Kier molecular flexibility index (Phi) is 6.47. The molecule has 2 aromatic carbocycles. The highest BCUT2D eigenvalue weighted by Crippen LogP contribution is 2.28. The molecule has 3 rings (SSSR count). The van der Waals surface area contributed by atoms with Gasteiger partial charge in [0.05, 0.1) is 26.5 Å². The van der Waals surface area contributed by atoms with Crippen LogP contribution in [0.3, 0.4) is 0 Å². The molecule has 31 heavy (non-hydrogen) atoms. The molecule has 6 nitrogen and oxygen atoms in total. The lowest BCUT2D eigenvalue weighted by Crippen LogP contribution is -2.19. The first-order valence-corrected chi connectivity index (χ1v) is 9.22. The third-order valence-corrected chi connectivity index (χ3v) is 4.41. The summed E-state index contributed by atoms with van der Waals surface area (Å²) in [7, 11) is 1.26. The number of rotatable bonds is 7. The Morgan fingerprint density at radius 1 is 1.03 bits per heavy atom. The Hall–Kier alpha value is -3.56. The van der Waals surface area contributed by atoms with Crippen molar-refractivity contribution in [1.29, 1.82) is 0 Å². The van der Waals surface area contributed by atoms with Gasteiger partial charge in [-0.05, 0) is 43.2 Å².